The molecular formula is C12H16N2O6. The summed E-state index contributed by atoms with van der Waals surface area (Å²) in [4.78, 5) is 34.8. The highest BCUT2D eigenvalue weighted by atomic mass is 16.6. The van der Waals surface area contributed by atoms with Crippen molar-refractivity contribution in [3.63, 3.8) is 0 Å². The lowest BCUT2D eigenvalue weighted by Crippen LogP contribution is -2.50. The third kappa shape index (κ3) is 2.28. The summed E-state index contributed by atoms with van der Waals surface area (Å²) in [5, 5.41) is 2.22. The summed E-state index contributed by atoms with van der Waals surface area (Å²) >= 11 is 0. The monoisotopic (exact) mass is 284 g/mol. The van der Waals surface area contributed by atoms with Crippen LogP contribution < -0.4 is 0 Å². The van der Waals surface area contributed by atoms with Crippen molar-refractivity contribution in [1.82, 2.24) is 10.0 Å². The van der Waals surface area contributed by atoms with E-state index < -0.39 is 12.2 Å². The summed E-state index contributed by atoms with van der Waals surface area (Å²) in [6.07, 6.45) is 2.02. The van der Waals surface area contributed by atoms with Crippen molar-refractivity contribution in [3.8, 4) is 0 Å². The highest BCUT2D eigenvalue weighted by Gasteiger charge is 2.59. The van der Waals surface area contributed by atoms with Crippen LogP contribution in [0.2, 0.25) is 0 Å². The lowest BCUT2D eigenvalue weighted by molar-refractivity contribution is -0.141. The fourth-order valence-electron chi connectivity index (χ4n) is 2.46. The third-order valence-corrected chi connectivity index (χ3v) is 3.50. The molecular weight excluding hydrogens is 268 g/mol. The topological polar surface area (TPSA) is 85.4 Å². The summed E-state index contributed by atoms with van der Waals surface area (Å²) in [5.74, 6) is -0.436. The Morgan fingerprint density at radius 1 is 1.05 bits per heavy atom. The Balaban J connectivity index is 2.17. The molecule has 1 saturated carbocycles. The van der Waals surface area contributed by atoms with Crippen LogP contribution in [0, 0.1) is 11.8 Å². The molecule has 0 aromatic rings. The lowest BCUT2D eigenvalue weighted by atomic mass is 10.2. The number of methoxy groups -OCH3 is 3. The molecule has 1 aliphatic carbocycles. The second kappa shape index (κ2) is 5.40. The van der Waals surface area contributed by atoms with Crippen LogP contribution in [0.1, 0.15) is 6.42 Å². The van der Waals surface area contributed by atoms with Gasteiger partial charge in [0.05, 0.1) is 33.8 Å². The van der Waals surface area contributed by atoms with Crippen LogP contribution in [-0.2, 0) is 19.0 Å². The standard InChI is InChI=1S/C12H16N2O6/c1-18-9(15)6-8-7-4-5-13(11(16)19-2)14(10(7)8)12(17)20-3/h4-5,7-8,10H,6H2,1-3H3/t7-,8+,10+/m1/s1. The highest BCUT2D eigenvalue weighted by molar-refractivity contribution is 5.77. The maximum absolute atomic E-state index is 11.8. The van der Waals surface area contributed by atoms with Gasteiger partial charge in [-0.3, -0.25) is 4.79 Å². The normalized spacial score (nSPS) is 26.6. The van der Waals surface area contributed by atoms with E-state index in [9.17, 15) is 14.4 Å². The van der Waals surface area contributed by atoms with E-state index in [0.29, 0.717) is 0 Å². The van der Waals surface area contributed by atoms with E-state index >= 15 is 0 Å². The van der Waals surface area contributed by atoms with E-state index in [4.69, 9.17) is 0 Å². The molecule has 2 amide bonds. The van der Waals surface area contributed by atoms with Gasteiger partial charge in [-0.05, 0) is 0 Å². The summed E-state index contributed by atoms with van der Waals surface area (Å²) in [7, 11) is 3.75. The number of amides is 2. The molecule has 0 aromatic carbocycles. The maximum Gasteiger partial charge on any atom is 0.432 e. The fraction of sp³-hybridized carbons (Fsp3) is 0.583. The molecule has 3 atom stereocenters. The predicted octanol–water partition coefficient (Wildman–Crippen LogP) is 0.743. The molecule has 0 radical (unpaired) electrons. The van der Waals surface area contributed by atoms with E-state index in [-0.39, 0.29) is 30.3 Å². The predicted molar refractivity (Wildman–Crippen MR) is 65.0 cm³/mol. The van der Waals surface area contributed by atoms with Crippen LogP contribution >= 0.6 is 0 Å². The smallest absolute Gasteiger partial charge is 0.432 e. The first-order valence-corrected chi connectivity index (χ1v) is 6.04. The van der Waals surface area contributed by atoms with Crippen molar-refractivity contribution >= 4 is 18.2 Å². The van der Waals surface area contributed by atoms with Crippen LogP contribution in [0.5, 0.6) is 0 Å². The number of esters is 1. The number of ether oxygens (including phenoxy) is 3. The zero-order valence-corrected chi connectivity index (χ0v) is 11.4. The van der Waals surface area contributed by atoms with Crippen LogP contribution in [0.25, 0.3) is 0 Å². The minimum atomic E-state index is -0.700. The first kappa shape index (κ1) is 14.2. The first-order valence-electron chi connectivity index (χ1n) is 6.04. The molecule has 1 heterocycles. The van der Waals surface area contributed by atoms with Crippen LogP contribution in [0.15, 0.2) is 12.3 Å². The number of hydrogen-bond donors (Lipinski definition) is 0. The molecule has 0 aromatic heterocycles. The molecule has 8 nitrogen and oxygen atoms in total. The molecule has 0 saturated heterocycles. The Morgan fingerprint density at radius 3 is 2.25 bits per heavy atom. The van der Waals surface area contributed by atoms with Gasteiger partial charge in [-0.25, -0.2) is 14.6 Å². The molecule has 110 valence electrons. The van der Waals surface area contributed by atoms with Gasteiger partial charge >= 0.3 is 18.2 Å². The number of fused-ring (bicyclic) bond motifs is 1. The Bertz CT molecular complexity index is 463. The summed E-state index contributed by atoms with van der Waals surface area (Å²) in [6, 6.07) is -0.300. The minimum Gasteiger partial charge on any atom is -0.469 e. The third-order valence-electron chi connectivity index (χ3n) is 3.50. The largest absolute Gasteiger partial charge is 0.469 e. The van der Waals surface area contributed by atoms with Crippen molar-refractivity contribution in [2.75, 3.05) is 21.3 Å². The summed E-state index contributed by atoms with van der Waals surface area (Å²) in [5.41, 5.74) is 0. The van der Waals surface area contributed by atoms with E-state index in [1.165, 1.54) is 32.5 Å². The van der Waals surface area contributed by atoms with Crippen molar-refractivity contribution in [1.29, 1.82) is 0 Å². The number of hydrazine groups is 1. The number of nitrogens with zero attached hydrogens (tertiary/aromatic N) is 2. The molecule has 2 aliphatic rings. The molecule has 1 fully saturated rings. The van der Waals surface area contributed by atoms with Gasteiger partial charge in [-0.15, -0.1) is 0 Å². The van der Waals surface area contributed by atoms with E-state index in [0.717, 1.165) is 5.01 Å². The van der Waals surface area contributed by atoms with Crippen LogP contribution in [0.4, 0.5) is 9.59 Å². The zero-order chi connectivity index (χ0) is 14.9. The second-order valence-corrected chi connectivity index (χ2v) is 4.48. The van der Waals surface area contributed by atoms with Crippen molar-refractivity contribution < 1.29 is 28.6 Å². The minimum absolute atomic E-state index is 0.00843. The van der Waals surface area contributed by atoms with Gasteiger partial charge in [-0.2, -0.15) is 5.01 Å². The Labute approximate surface area is 115 Å². The summed E-state index contributed by atoms with van der Waals surface area (Å²) in [6.45, 7) is 0. The fourth-order valence-corrected chi connectivity index (χ4v) is 2.46. The number of hydrogen-bond acceptors (Lipinski definition) is 6. The molecule has 2 rings (SSSR count). The van der Waals surface area contributed by atoms with Gasteiger partial charge in [0.2, 0.25) is 0 Å². The molecule has 1 aliphatic heterocycles. The molecule has 8 heteroatoms. The SMILES string of the molecule is COC(=O)C[C@H]1[C@H]2C=CN(C(=O)OC)N(C(=O)OC)[C@@H]21. The number of rotatable bonds is 2. The zero-order valence-electron chi connectivity index (χ0n) is 11.4. The van der Waals surface area contributed by atoms with Crippen LogP contribution in [-0.4, -0.2) is 55.5 Å². The van der Waals surface area contributed by atoms with Crippen molar-refractivity contribution in [2.45, 2.75) is 12.5 Å². The molecule has 0 N–H and O–H groups in total. The average molecular weight is 284 g/mol. The maximum atomic E-state index is 11.8. The van der Waals surface area contributed by atoms with E-state index in [1.54, 1.807) is 6.08 Å². The number of carbonyl (C=O) groups is 3. The van der Waals surface area contributed by atoms with E-state index in [1.807, 2.05) is 0 Å². The van der Waals surface area contributed by atoms with Gasteiger partial charge in [-0.1, -0.05) is 6.08 Å². The number of carbonyl (C=O) groups excluding carboxylic acids is 3. The average Bonchev–Trinajstić information content (AvgIpc) is 3.17. The molecule has 0 spiro atoms. The van der Waals surface area contributed by atoms with Crippen molar-refractivity contribution in [2.24, 2.45) is 11.8 Å². The van der Waals surface area contributed by atoms with Crippen LogP contribution in [0.3, 0.4) is 0 Å². The molecule has 0 unspecified atom stereocenters. The molecule has 20 heavy (non-hydrogen) atoms. The lowest BCUT2D eigenvalue weighted by Gasteiger charge is -2.32. The Hall–Kier alpha value is -2.25. The summed E-state index contributed by atoms with van der Waals surface area (Å²) < 4.78 is 13.9. The Morgan fingerprint density at radius 2 is 1.70 bits per heavy atom. The van der Waals surface area contributed by atoms with Gasteiger partial charge in [0.1, 0.15) is 0 Å². The first-order chi connectivity index (χ1) is 9.54. The molecule has 0 bridgehead atoms. The quantitative estimate of drug-likeness (QED) is 0.549. The van der Waals surface area contributed by atoms with Gasteiger partial charge in [0.15, 0.2) is 0 Å². The van der Waals surface area contributed by atoms with Gasteiger partial charge in [0.25, 0.3) is 0 Å². The van der Waals surface area contributed by atoms with E-state index in [2.05, 4.69) is 14.2 Å². The van der Waals surface area contributed by atoms with Gasteiger partial charge < -0.3 is 14.2 Å². The van der Waals surface area contributed by atoms with Gasteiger partial charge in [0, 0.05) is 18.0 Å². The van der Waals surface area contributed by atoms with Crippen molar-refractivity contribution in [3.05, 3.63) is 12.3 Å². The highest BCUT2D eigenvalue weighted by Crippen LogP contribution is 2.50. The second-order valence-electron chi connectivity index (χ2n) is 4.48. The Kier molecular flexibility index (Phi) is 3.82.